The summed E-state index contributed by atoms with van der Waals surface area (Å²) in [4.78, 5) is 6.85. The Balaban J connectivity index is 1.77. The summed E-state index contributed by atoms with van der Waals surface area (Å²) in [5.74, 6) is 0.852. The van der Waals surface area contributed by atoms with Gasteiger partial charge in [-0.25, -0.2) is 4.98 Å². The molecule has 1 aromatic heterocycles. The van der Waals surface area contributed by atoms with Crippen molar-refractivity contribution in [3.8, 4) is 0 Å². The van der Waals surface area contributed by atoms with E-state index in [2.05, 4.69) is 9.88 Å². The molecule has 0 bridgehead atoms. The molecule has 1 saturated heterocycles. The molecule has 0 atom stereocenters. The number of nitrogens with zero attached hydrogens (tertiary/aromatic N) is 2. The van der Waals surface area contributed by atoms with E-state index in [9.17, 15) is 0 Å². The third kappa shape index (κ3) is 3.04. The molecule has 4 heteroatoms. The van der Waals surface area contributed by atoms with Crippen molar-refractivity contribution in [1.82, 2.24) is 9.88 Å². The molecule has 1 aromatic rings. The fraction of sp³-hybridized carbons (Fsp3) is 0.727. The van der Waals surface area contributed by atoms with E-state index in [0.717, 1.165) is 31.0 Å². The molecule has 2 rings (SSSR count). The first-order valence-corrected chi connectivity index (χ1v) is 5.74. The molecule has 1 aliphatic rings. The minimum Gasteiger partial charge on any atom is -0.449 e. The Hall–Kier alpha value is -0.870. The number of aromatic nitrogens is 1. The molecular weight excluding hydrogens is 190 g/mol. The van der Waals surface area contributed by atoms with Crippen molar-refractivity contribution >= 4 is 0 Å². The van der Waals surface area contributed by atoms with Crippen LogP contribution in [0.25, 0.3) is 0 Å². The largest absolute Gasteiger partial charge is 0.449 e. The van der Waals surface area contributed by atoms with Crippen LogP contribution in [0.2, 0.25) is 0 Å². The van der Waals surface area contributed by atoms with E-state index in [0.29, 0.717) is 6.54 Å². The van der Waals surface area contributed by atoms with Gasteiger partial charge in [-0.2, -0.15) is 0 Å². The Morgan fingerprint density at radius 2 is 2.13 bits per heavy atom. The molecule has 2 heterocycles. The van der Waals surface area contributed by atoms with E-state index < -0.39 is 0 Å². The summed E-state index contributed by atoms with van der Waals surface area (Å²) in [5, 5.41) is 0. The second-order valence-electron chi connectivity index (χ2n) is 4.07. The van der Waals surface area contributed by atoms with Crippen molar-refractivity contribution in [2.24, 2.45) is 5.73 Å². The third-order valence-corrected chi connectivity index (χ3v) is 2.84. The number of nitrogens with two attached hydrogens (primary N) is 1. The normalized spacial score (nSPS) is 17.4. The minimum absolute atomic E-state index is 0.637. The Kier molecular flexibility index (Phi) is 3.75. The molecule has 0 radical (unpaired) electrons. The SMILES string of the molecule is NCCc1coc(CCN2CCCC2)n1. The van der Waals surface area contributed by atoms with Crippen LogP contribution in [0.3, 0.4) is 0 Å². The Labute approximate surface area is 90.5 Å². The summed E-state index contributed by atoms with van der Waals surface area (Å²) in [6.07, 6.45) is 6.14. The predicted octanol–water partition coefficient (Wildman–Crippen LogP) is 0.814. The van der Waals surface area contributed by atoms with Gasteiger partial charge in [0.25, 0.3) is 0 Å². The van der Waals surface area contributed by atoms with Crippen LogP contribution >= 0.6 is 0 Å². The predicted molar refractivity (Wildman–Crippen MR) is 58.6 cm³/mol. The van der Waals surface area contributed by atoms with Crippen molar-refractivity contribution in [2.45, 2.75) is 25.7 Å². The van der Waals surface area contributed by atoms with Gasteiger partial charge in [0.05, 0.1) is 5.69 Å². The topological polar surface area (TPSA) is 55.3 Å². The molecule has 1 aliphatic heterocycles. The van der Waals surface area contributed by atoms with Crippen LogP contribution in [0.1, 0.15) is 24.4 Å². The Bertz CT molecular complexity index is 292. The maximum Gasteiger partial charge on any atom is 0.195 e. The number of hydrogen-bond acceptors (Lipinski definition) is 4. The fourth-order valence-corrected chi connectivity index (χ4v) is 1.99. The molecule has 0 amide bonds. The first-order chi connectivity index (χ1) is 7.38. The summed E-state index contributed by atoms with van der Waals surface area (Å²) in [6.45, 7) is 4.17. The van der Waals surface area contributed by atoms with Crippen molar-refractivity contribution in [1.29, 1.82) is 0 Å². The molecule has 15 heavy (non-hydrogen) atoms. The van der Waals surface area contributed by atoms with Gasteiger partial charge in [-0.05, 0) is 32.5 Å². The first kappa shape index (κ1) is 10.6. The van der Waals surface area contributed by atoms with Gasteiger partial charge in [-0.3, -0.25) is 0 Å². The molecule has 0 aromatic carbocycles. The van der Waals surface area contributed by atoms with Gasteiger partial charge in [0.1, 0.15) is 6.26 Å². The first-order valence-electron chi connectivity index (χ1n) is 5.74. The third-order valence-electron chi connectivity index (χ3n) is 2.84. The van der Waals surface area contributed by atoms with Crippen LogP contribution in [-0.4, -0.2) is 36.1 Å². The zero-order valence-corrected chi connectivity index (χ0v) is 9.11. The highest BCUT2D eigenvalue weighted by Crippen LogP contribution is 2.09. The maximum absolute atomic E-state index is 5.45. The standard InChI is InChI=1S/C11H19N3O/c12-5-3-10-9-15-11(13-10)4-8-14-6-1-2-7-14/h9H,1-8,12H2. The molecule has 4 nitrogen and oxygen atoms in total. The fourth-order valence-electron chi connectivity index (χ4n) is 1.99. The van der Waals surface area contributed by atoms with Crippen LogP contribution in [0, 0.1) is 0 Å². The van der Waals surface area contributed by atoms with E-state index in [1.54, 1.807) is 6.26 Å². The Morgan fingerprint density at radius 3 is 2.87 bits per heavy atom. The van der Waals surface area contributed by atoms with Crippen molar-refractivity contribution in [3.05, 3.63) is 17.8 Å². The van der Waals surface area contributed by atoms with Gasteiger partial charge in [0.15, 0.2) is 5.89 Å². The van der Waals surface area contributed by atoms with Crippen molar-refractivity contribution in [2.75, 3.05) is 26.2 Å². The molecule has 84 valence electrons. The lowest BCUT2D eigenvalue weighted by atomic mass is 10.3. The molecule has 0 saturated carbocycles. The smallest absolute Gasteiger partial charge is 0.195 e. The summed E-state index contributed by atoms with van der Waals surface area (Å²) >= 11 is 0. The second-order valence-corrected chi connectivity index (χ2v) is 4.07. The molecule has 2 N–H and O–H groups in total. The zero-order chi connectivity index (χ0) is 10.5. The average molecular weight is 209 g/mol. The van der Waals surface area contributed by atoms with Crippen LogP contribution in [0.4, 0.5) is 0 Å². The van der Waals surface area contributed by atoms with Crippen molar-refractivity contribution < 1.29 is 4.42 Å². The van der Waals surface area contributed by atoms with Crippen LogP contribution in [0.15, 0.2) is 10.7 Å². The zero-order valence-electron chi connectivity index (χ0n) is 9.11. The highest BCUT2D eigenvalue weighted by atomic mass is 16.3. The summed E-state index contributed by atoms with van der Waals surface area (Å²) in [6, 6.07) is 0. The summed E-state index contributed by atoms with van der Waals surface area (Å²) in [7, 11) is 0. The molecular formula is C11H19N3O. The van der Waals surface area contributed by atoms with Crippen molar-refractivity contribution in [3.63, 3.8) is 0 Å². The lowest BCUT2D eigenvalue weighted by Gasteiger charge is -2.12. The monoisotopic (exact) mass is 209 g/mol. The summed E-state index contributed by atoms with van der Waals surface area (Å²) < 4.78 is 5.38. The molecule has 0 unspecified atom stereocenters. The number of likely N-dealkylation sites (tertiary alicyclic amines) is 1. The second kappa shape index (κ2) is 5.28. The van der Waals surface area contributed by atoms with Crippen LogP contribution < -0.4 is 5.73 Å². The van der Waals surface area contributed by atoms with E-state index in [1.807, 2.05) is 0 Å². The van der Waals surface area contributed by atoms with E-state index in [1.165, 1.54) is 25.9 Å². The van der Waals surface area contributed by atoms with E-state index in [-0.39, 0.29) is 0 Å². The van der Waals surface area contributed by atoms with Gasteiger partial charge in [-0.1, -0.05) is 0 Å². The highest BCUT2D eigenvalue weighted by molar-refractivity contribution is 4.97. The van der Waals surface area contributed by atoms with Gasteiger partial charge in [-0.15, -0.1) is 0 Å². The van der Waals surface area contributed by atoms with Gasteiger partial charge in [0.2, 0.25) is 0 Å². The minimum atomic E-state index is 0.637. The van der Waals surface area contributed by atoms with Crippen LogP contribution in [-0.2, 0) is 12.8 Å². The van der Waals surface area contributed by atoms with Gasteiger partial charge < -0.3 is 15.1 Å². The lowest BCUT2D eigenvalue weighted by molar-refractivity contribution is 0.328. The van der Waals surface area contributed by atoms with Gasteiger partial charge >= 0.3 is 0 Å². The molecule has 0 spiro atoms. The van der Waals surface area contributed by atoms with Crippen LogP contribution in [0.5, 0.6) is 0 Å². The average Bonchev–Trinajstić information content (AvgIpc) is 2.85. The Morgan fingerprint density at radius 1 is 1.33 bits per heavy atom. The highest BCUT2D eigenvalue weighted by Gasteiger charge is 2.12. The maximum atomic E-state index is 5.45. The van der Waals surface area contributed by atoms with E-state index >= 15 is 0 Å². The van der Waals surface area contributed by atoms with Gasteiger partial charge in [0, 0.05) is 19.4 Å². The quantitative estimate of drug-likeness (QED) is 0.780. The number of oxazole rings is 1. The number of rotatable bonds is 5. The number of hydrogen-bond donors (Lipinski definition) is 1. The lowest BCUT2D eigenvalue weighted by Crippen LogP contribution is -2.22. The molecule has 0 aliphatic carbocycles. The summed E-state index contributed by atoms with van der Waals surface area (Å²) in [5.41, 5.74) is 6.43. The molecule has 1 fully saturated rings. The van der Waals surface area contributed by atoms with E-state index in [4.69, 9.17) is 10.2 Å².